The van der Waals surface area contributed by atoms with Crippen molar-refractivity contribution in [2.24, 2.45) is 5.73 Å². The SMILES string of the molecule is CC(N)C(=O)NCC(C)c1ccccc1.Cl. The third-order valence-electron chi connectivity index (χ3n) is 2.36. The maximum atomic E-state index is 11.2. The molecular formula is C12H19ClN2O. The number of halogens is 1. The molecule has 1 aromatic rings. The average Bonchev–Trinajstić information content (AvgIpc) is 2.26. The first-order valence-corrected chi connectivity index (χ1v) is 5.19. The summed E-state index contributed by atoms with van der Waals surface area (Å²) in [5.41, 5.74) is 6.67. The van der Waals surface area contributed by atoms with Crippen LogP contribution in [0.3, 0.4) is 0 Å². The lowest BCUT2D eigenvalue weighted by atomic mass is 10.0. The topological polar surface area (TPSA) is 55.1 Å². The molecule has 90 valence electrons. The average molecular weight is 243 g/mol. The number of nitrogens with one attached hydrogen (secondary N) is 1. The minimum absolute atomic E-state index is 0. The molecule has 2 atom stereocenters. The predicted molar refractivity (Wildman–Crippen MR) is 68.8 cm³/mol. The molecule has 0 saturated heterocycles. The number of amides is 1. The molecule has 1 aromatic carbocycles. The fraction of sp³-hybridized carbons (Fsp3) is 0.417. The van der Waals surface area contributed by atoms with E-state index in [9.17, 15) is 4.79 Å². The van der Waals surface area contributed by atoms with Crippen LogP contribution < -0.4 is 11.1 Å². The van der Waals surface area contributed by atoms with Gasteiger partial charge in [0.15, 0.2) is 0 Å². The Bertz CT molecular complexity index is 314. The fourth-order valence-corrected chi connectivity index (χ4v) is 1.31. The lowest BCUT2D eigenvalue weighted by Crippen LogP contribution is -2.39. The van der Waals surface area contributed by atoms with E-state index in [1.807, 2.05) is 18.2 Å². The molecule has 0 radical (unpaired) electrons. The third-order valence-corrected chi connectivity index (χ3v) is 2.36. The van der Waals surface area contributed by atoms with E-state index in [1.165, 1.54) is 5.56 Å². The molecule has 4 heteroatoms. The van der Waals surface area contributed by atoms with E-state index in [0.29, 0.717) is 12.5 Å². The summed E-state index contributed by atoms with van der Waals surface area (Å²) in [4.78, 5) is 11.2. The van der Waals surface area contributed by atoms with Crippen LogP contribution in [-0.4, -0.2) is 18.5 Å². The van der Waals surface area contributed by atoms with Crippen molar-refractivity contribution in [3.63, 3.8) is 0 Å². The van der Waals surface area contributed by atoms with Crippen LogP contribution in [0.15, 0.2) is 30.3 Å². The van der Waals surface area contributed by atoms with Crippen molar-refractivity contribution in [3.05, 3.63) is 35.9 Å². The molecule has 3 N–H and O–H groups in total. The van der Waals surface area contributed by atoms with Gasteiger partial charge >= 0.3 is 0 Å². The largest absolute Gasteiger partial charge is 0.354 e. The number of rotatable bonds is 4. The first kappa shape index (κ1) is 14.9. The smallest absolute Gasteiger partial charge is 0.236 e. The van der Waals surface area contributed by atoms with Crippen LogP contribution in [0.25, 0.3) is 0 Å². The molecule has 2 unspecified atom stereocenters. The van der Waals surface area contributed by atoms with E-state index in [4.69, 9.17) is 5.73 Å². The maximum Gasteiger partial charge on any atom is 0.236 e. The van der Waals surface area contributed by atoms with Gasteiger partial charge in [0.25, 0.3) is 0 Å². The quantitative estimate of drug-likeness (QED) is 0.844. The van der Waals surface area contributed by atoms with Crippen LogP contribution in [0, 0.1) is 0 Å². The van der Waals surface area contributed by atoms with Gasteiger partial charge in [0.05, 0.1) is 6.04 Å². The molecule has 0 aliphatic rings. The first-order chi connectivity index (χ1) is 7.11. The van der Waals surface area contributed by atoms with Crippen LogP contribution >= 0.6 is 12.4 Å². The lowest BCUT2D eigenvalue weighted by molar-refractivity contribution is -0.122. The van der Waals surface area contributed by atoms with Crippen LogP contribution in [0.1, 0.15) is 25.3 Å². The molecular weight excluding hydrogens is 224 g/mol. The summed E-state index contributed by atoms with van der Waals surface area (Å²) >= 11 is 0. The highest BCUT2D eigenvalue weighted by atomic mass is 35.5. The predicted octanol–water partition coefficient (Wildman–Crippen LogP) is 1.68. The Morgan fingerprint density at radius 3 is 2.38 bits per heavy atom. The summed E-state index contributed by atoms with van der Waals surface area (Å²) in [5, 5.41) is 2.82. The molecule has 0 bridgehead atoms. The van der Waals surface area contributed by atoms with Gasteiger partial charge in [-0.3, -0.25) is 4.79 Å². The minimum Gasteiger partial charge on any atom is -0.354 e. The van der Waals surface area contributed by atoms with E-state index in [2.05, 4.69) is 24.4 Å². The third kappa shape index (κ3) is 4.64. The molecule has 0 fully saturated rings. The van der Waals surface area contributed by atoms with Crippen LogP contribution in [0.4, 0.5) is 0 Å². The Morgan fingerprint density at radius 1 is 1.31 bits per heavy atom. The molecule has 0 heterocycles. The zero-order chi connectivity index (χ0) is 11.3. The van der Waals surface area contributed by atoms with Crippen molar-refractivity contribution >= 4 is 18.3 Å². The molecule has 0 saturated carbocycles. The molecule has 0 spiro atoms. The van der Waals surface area contributed by atoms with Gasteiger partial charge in [-0.2, -0.15) is 0 Å². The number of nitrogens with two attached hydrogens (primary N) is 1. The van der Waals surface area contributed by atoms with Gasteiger partial charge < -0.3 is 11.1 Å². The lowest BCUT2D eigenvalue weighted by Gasteiger charge is -2.14. The van der Waals surface area contributed by atoms with Crippen molar-refractivity contribution in [3.8, 4) is 0 Å². The van der Waals surface area contributed by atoms with Gasteiger partial charge in [0.1, 0.15) is 0 Å². The molecule has 1 rings (SSSR count). The summed E-state index contributed by atoms with van der Waals surface area (Å²) in [6.45, 7) is 4.39. The Kier molecular flexibility index (Phi) is 6.77. The first-order valence-electron chi connectivity index (χ1n) is 5.19. The summed E-state index contributed by atoms with van der Waals surface area (Å²) < 4.78 is 0. The van der Waals surface area contributed by atoms with Gasteiger partial charge in [-0.15, -0.1) is 12.4 Å². The van der Waals surface area contributed by atoms with E-state index < -0.39 is 6.04 Å². The summed E-state index contributed by atoms with van der Waals surface area (Å²) in [6, 6.07) is 9.66. The van der Waals surface area contributed by atoms with Crippen LogP contribution in [-0.2, 0) is 4.79 Å². The monoisotopic (exact) mass is 242 g/mol. The highest BCUT2D eigenvalue weighted by Crippen LogP contribution is 2.12. The normalized spacial score (nSPS) is 13.4. The Hall–Kier alpha value is -1.06. The van der Waals surface area contributed by atoms with Crippen molar-refractivity contribution in [1.29, 1.82) is 0 Å². The standard InChI is InChI=1S/C12H18N2O.ClH/c1-9(8-14-12(15)10(2)13)11-6-4-3-5-7-11;/h3-7,9-10H,8,13H2,1-2H3,(H,14,15);1H. The van der Waals surface area contributed by atoms with Gasteiger partial charge in [0, 0.05) is 6.54 Å². The van der Waals surface area contributed by atoms with Crippen molar-refractivity contribution in [2.45, 2.75) is 25.8 Å². The minimum atomic E-state index is -0.437. The number of carbonyl (C=O) groups excluding carboxylic acids is 1. The molecule has 0 aliphatic carbocycles. The highest BCUT2D eigenvalue weighted by Gasteiger charge is 2.09. The number of benzene rings is 1. The van der Waals surface area contributed by atoms with E-state index in [1.54, 1.807) is 6.92 Å². The summed E-state index contributed by atoms with van der Waals surface area (Å²) in [5.74, 6) is 0.215. The van der Waals surface area contributed by atoms with E-state index in [0.717, 1.165) is 0 Å². The van der Waals surface area contributed by atoms with Gasteiger partial charge in [-0.05, 0) is 18.4 Å². The molecule has 0 aliphatic heterocycles. The van der Waals surface area contributed by atoms with Crippen molar-refractivity contribution in [2.75, 3.05) is 6.54 Å². The zero-order valence-corrected chi connectivity index (χ0v) is 10.5. The molecule has 0 aromatic heterocycles. The molecule has 16 heavy (non-hydrogen) atoms. The Balaban J connectivity index is 0.00000225. The number of hydrogen-bond donors (Lipinski definition) is 2. The van der Waals surface area contributed by atoms with Gasteiger partial charge in [-0.25, -0.2) is 0 Å². The van der Waals surface area contributed by atoms with Gasteiger partial charge in [-0.1, -0.05) is 37.3 Å². The van der Waals surface area contributed by atoms with Crippen molar-refractivity contribution < 1.29 is 4.79 Å². The second-order valence-corrected chi connectivity index (χ2v) is 3.85. The second-order valence-electron chi connectivity index (χ2n) is 3.85. The second kappa shape index (κ2) is 7.25. The fourth-order valence-electron chi connectivity index (χ4n) is 1.31. The number of hydrogen-bond acceptors (Lipinski definition) is 2. The van der Waals surface area contributed by atoms with E-state index in [-0.39, 0.29) is 18.3 Å². The highest BCUT2D eigenvalue weighted by molar-refractivity contribution is 5.85. The zero-order valence-electron chi connectivity index (χ0n) is 9.64. The maximum absolute atomic E-state index is 11.2. The van der Waals surface area contributed by atoms with Crippen molar-refractivity contribution in [1.82, 2.24) is 5.32 Å². The Morgan fingerprint density at radius 2 is 1.88 bits per heavy atom. The van der Waals surface area contributed by atoms with Crippen LogP contribution in [0.2, 0.25) is 0 Å². The van der Waals surface area contributed by atoms with Gasteiger partial charge in [0.2, 0.25) is 5.91 Å². The molecule has 1 amide bonds. The summed E-state index contributed by atoms with van der Waals surface area (Å²) in [7, 11) is 0. The van der Waals surface area contributed by atoms with E-state index >= 15 is 0 Å². The Labute approximate surface area is 103 Å². The summed E-state index contributed by atoms with van der Waals surface area (Å²) in [6.07, 6.45) is 0. The van der Waals surface area contributed by atoms with Crippen LogP contribution in [0.5, 0.6) is 0 Å². The molecule has 3 nitrogen and oxygen atoms in total. The number of carbonyl (C=O) groups is 1.